The molecule has 0 aliphatic heterocycles. The molecule has 3 N–H and O–H groups in total. The normalized spacial score (nSPS) is 11.1. The number of anilines is 1. The van der Waals surface area contributed by atoms with Crippen LogP contribution in [-0.4, -0.2) is 46.1 Å². The van der Waals surface area contributed by atoms with Crippen LogP contribution in [0.2, 0.25) is 0 Å². The molecule has 12 heteroatoms. The third-order valence-electron chi connectivity index (χ3n) is 4.05. The van der Waals surface area contributed by atoms with E-state index < -0.39 is 0 Å². The molecule has 4 rings (SSSR count). The van der Waals surface area contributed by atoms with Gasteiger partial charge in [-0.1, -0.05) is 17.8 Å². The average molecular weight is 430 g/mol. The molecule has 0 atom stereocenters. The molecular formula is C17H19N9OS2. The van der Waals surface area contributed by atoms with Crippen molar-refractivity contribution in [1.82, 2.24) is 34.4 Å². The predicted octanol–water partition coefficient (Wildman–Crippen LogP) is 1.83. The van der Waals surface area contributed by atoms with E-state index in [1.54, 1.807) is 33.0 Å². The van der Waals surface area contributed by atoms with Gasteiger partial charge in [-0.25, -0.2) is 14.0 Å². The summed E-state index contributed by atoms with van der Waals surface area (Å²) in [6.07, 6.45) is 1.66. The van der Waals surface area contributed by atoms with Crippen LogP contribution in [0.15, 0.2) is 41.0 Å². The third-order valence-corrected chi connectivity index (χ3v) is 5.85. The Bertz CT molecular complexity index is 1130. The number of carbonyl (C=O) groups excluding carboxylic acids is 1. The van der Waals surface area contributed by atoms with Crippen molar-refractivity contribution >= 4 is 34.8 Å². The number of nitrogens with one attached hydrogen (secondary N) is 1. The second kappa shape index (κ2) is 8.09. The Morgan fingerprint density at radius 1 is 1.31 bits per heavy atom. The molecule has 0 saturated heterocycles. The van der Waals surface area contributed by atoms with Crippen molar-refractivity contribution in [2.24, 2.45) is 0 Å². The Balaban J connectivity index is 1.39. The summed E-state index contributed by atoms with van der Waals surface area (Å²) < 4.78 is 4.70. The molecule has 4 aromatic rings. The molecule has 0 fully saturated rings. The summed E-state index contributed by atoms with van der Waals surface area (Å²) in [7, 11) is 0. The summed E-state index contributed by atoms with van der Waals surface area (Å²) in [6.45, 7) is 4.41. The van der Waals surface area contributed by atoms with Crippen molar-refractivity contribution in [1.29, 1.82) is 0 Å². The van der Waals surface area contributed by atoms with Crippen molar-refractivity contribution in [2.75, 3.05) is 16.9 Å². The molecule has 0 saturated carbocycles. The molecule has 150 valence electrons. The van der Waals surface area contributed by atoms with Crippen LogP contribution in [0.3, 0.4) is 0 Å². The van der Waals surface area contributed by atoms with E-state index in [2.05, 4.69) is 25.7 Å². The molecule has 0 radical (unpaired) electrons. The quantitative estimate of drug-likeness (QED) is 0.339. The van der Waals surface area contributed by atoms with E-state index in [1.165, 1.54) is 16.4 Å². The fraction of sp³-hybridized carbons (Fsp3) is 0.235. The summed E-state index contributed by atoms with van der Waals surface area (Å²) in [5.41, 5.74) is 1.76. The Hall–Kier alpha value is -3.12. The van der Waals surface area contributed by atoms with E-state index in [0.29, 0.717) is 23.5 Å². The lowest BCUT2D eigenvalue weighted by Gasteiger charge is -2.08. The number of hydrogen-bond donors (Lipinski definition) is 2. The number of amides is 1. The van der Waals surface area contributed by atoms with Gasteiger partial charge in [0, 0.05) is 16.6 Å². The van der Waals surface area contributed by atoms with Crippen molar-refractivity contribution in [3.63, 3.8) is 0 Å². The van der Waals surface area contributed by atoms with Gasteiger partial charge < -0.3 is 11.2 Å². The number of nitrogen functional groups attached to an aromatic ring is 1. The van der Waals surface area contributed by atoms with Crippen LogP contribution in [0.5, 0.6) is 0 Å². The summed E-state index contributed by atoms with van der Waals surface area (Å²) in [5.74, 6) is 7.09. The summed E-state index contributed by atoms with van der Waals surface area (Å²) in [6, 6.07) is 7.71. The first-order chi connectivity index (χ1) is 14.0. The van der Waals surface area contributed by atoms with E-state index in [1.807, 2.05) is 37.4 Å². The maximum absolute atomic E-state index is 12.4. The highest BCUT2D eigenvalue weighted by atomic mass is 32.2. The topological polar surface area (TPSA) is 121 Å². The van der Waals surface area contributed by atoms with Crippen LogP contribution in [0.4, 0.5) is 5.82 Å². The molecule has 0 aliphatic rings. The highest BCUT2D eigenvalue weighted by molar-refractivity contribution is 7.99. The Morgan fingerprint density at radius 3 is 2.90 bits per heavy atom. The smallest absolute Gasteiger partial charge is 0.271 e. The third kappa shape index (κ3) is 4.17. The zero-order valence-corrected chi connectivity index (χ0v) is 17.4. The first kappa shape index (κ1) is 19.2. The first-order valence-corrected chi connectivity index (χ1v) is 10.6. The second-order valence-corrected chi connectivity index (χ2v) is 8.26. The van der Waals surface area contributed by atoms with Gasteiger partial charge in [0.1, 0.15) is 5.82 Å². The fourth-order valence-corrected chi connectivity index (χ4v) is 4.11. The molecule has 29 heavy (non-hydrogen) atoms. The highest BCUT2D eigenvalue weighted by Crippen LogP contribution is 2.19. The van der Waals surface area contributed by atoms with Crippen LogP contribution >= 0.6 is 23.1 Å². The number of hydrogen-bond acceptors (Lipinski definition) is 8. The zero-order chi connectivity index (χ0) is 20.4. The van der Waals surface area contributed by atoms with E-state index >= 15 is 0 Å². The lowest BCUT2D eigenvalue weighted by molar-refractivity contribution is -0.113. The largest absolute Gasteiger partial charge is 0.334 e. The van der Waals surface area contributed by atoms with Crippen molar-refractivity contribution < 1.29 is 4.79 Å². The van der Waals surface area contributed by atoms with Crippen molar-refractivity contribution in [3.05, 3.63) is 52.1 Å². The van der Waals surface area contributed by atoms with Crippen molar-refractivity contribution in [2.45, 2.75) is 25.5 Å². The zero-order valence-electron chi connectivity index (χ0n) is 15.8. The monoisotopic (exact) mass is 429 g/mol. The van der Waals surface area contributed by atoms with Gasteiger partial charge >= 0.3 is 0 Å². The SMILES string of the molecule is Cc1cc(C)n(-c2nnc(SCC(=O)Nc3ccnn3Cc3cccs3)n2N)n1. The van der Waals surface area contributed by atoms with Gasteiger partial charge in [-0.2, -0.15) is 10.2 Å². The number of nitrogens with zero attached hydrogens (tertiary/aromatic N) is 7. The maximum atomic E-state index is 12.4. The highest BCUT2D eigenvalue weighted by Gasteiger charge is 2.16. The number of carbonyl (C=O) groups is 1. The summed E-state index contributed by atoms with van der Waals surface area (Å²) >= 11 is 2.84. The van der Waals surface area contributed by atoms with Gasteiger partial charge in [0.15, 0.2) is 0 Å². The van der Waals surface area contributed by atoms with E-state index in [-0.39, 0.29) is 11.7 Å². The van der Waals surface area contributed by atoms with E-state index in [0.717, 1.165) is 16.3 Å². The molecule has 0 bridgehead atoms. The molecular weight excluding hydrogens is 410 g/mol. The molecule has 4 heterocycles. The van der Waals surface area contributed by atoms with Gasteiger partial charge in [-0.05, 0) is 31.4 Å². The molecule has 4 aromatic heterocycles. The minimum Gasteiger partial charge on any atom is -0.334 e. The molecule has 1 amide bonds. The number of thioether (sulfide) groups is 1. The first-order valence-electron chi connectivity index (χ1n) is 8.72. The van der Waals surface area contributed by atoms with Gasteiger partial charge in [-0.3, -0.25) is 4.79 Å². The number of aromatic nitrogens is 7. The van der Waals surface area contributed by atoms with Gasteiger partial charge in [0.2, 0.25) is 11.1 Å². The Kier molecular flexibility index (Phi) is 5.36. The van der Waals surface area contributed by atoms with Crippen LogP contribution in [0.1, 0.15) is 16.3 Å². The lowest BCUT2D eigenvalue weighted by atomic mass is 10.4. The van der Waals surface area contributed by atoms with E-state index in [4.69, 9.17) is 5.84 Å². The molecule has 10 nitrogen and oxygen atoms in total. The van der Waals surface area contributed by atoms with Crippen molar-refractivity contribution in [3.8, 4) is 5.95 Å². The predicted molar refractivity (Wildman–Crippen MR) is 112 cm³/mol. The molecule has 0 aliphatic carbocycles. The van der Waals surface area contributed by atoms with Gasteiger partial charge in [0.25, 0.3) is 5.95 Å². The number of aryl methyl sites for hydroxylation is 2. The number of thiophene rings is 1. The summed E-state index contributed by atoms with van der Waals surface area (Å²) in [4.78, 5) is 13.6. The second-order valence-electron chi connectivity index (χ2n) is 6.28. The minimum atomic E-state index is -0.182. The average Bonchev–Trinajstić information content (AvgIpc) is 3.45. The Morgan fingerprint density at radius 2 is 2.17 bits per heavy atom. The van der Waals surface area contributed by atoms with Crippen LogP contribution < -0.4 is 11.2 Å². The van der Waals surface area contributed by atoms with Gasteiger partial charge in [0.05, 0.1) is 24.2 Å². The number of rotatable bonds is 7. The van der Waals surface area contributed by atoms with E-state index in [9.17, 15) is 4.79 Å². The maximum Gasteiger partial charge on any atom is 0.271 e. The molecule has 0 aromatic carbocycles. The fourth-order valence-electron chi connectivity index (χ4n) is 2.77. The van der Waals surface area contributed by atoms with Crippen LogP contribution in [-0.2, 0) is 11.3 Å². The van der Waals surface area contributed by atoms with Crippen LogP contribution in [0.25, 0.3) is 5.95 Å². The summed E-state index contributed by atoms with van der Waals surface area (Å²) in [5, 5.41) is 22.1. The van der Waals surface area contributed by atoms with Gasteiger partial charge in [-0.15, -0.1) is 21.5 Å². The van der Waals surface area contributed by atoms with Crippen LogP contribution in [0, 0.1) is 13.8 Å². The molecule has 0 unspecified atom stereocenters. The number of nitrogens with two attached hydrogens (primary N) is 1. The Labute approximate surface area is 174 Å². The standard InChI is InChI=1S/C17H19N9OS2/c1-11-8-12(2)26(23-11)16-21-22-17(25(16)18)29-10-15(27)20-14-5-6-19-24(14)9-13-4-3-7-28-13/h3-8H,9-10,18H2,1-2H3,(H,20,27). The minimum absolute atomic E-state index is 0.136. The lowest BCUT2D eigenvalue weighted by Crippen LogP contribution is -2.20. The molecule has 0 spiro atoms.